The normalized spacial score (nSPS) is 11.2. The molecule has 0 atom stereocenters. The van der Waals surface area contributed by atoms with Crippen molar-refractivity contribution in [3.05, 3.63) is 69.7 Å². The lowest BCUT2D eigenvalue weighted by Crippen LogP contribution is -2.29. The van der Waals surface area contributed by atoms with E-state index in [1.807, 2.05) is 31.2 Å². The molecule has 0 unspecified atom stereocenters. The second kappa shape index (κ2) is 7.44. The number of hydrogen-bond acceptors (Lipinski definition) is 4. The van der Waals surface area contributed by atoms with E-state index in [1.165, 1.54) is 4.57 Å². The zero-order valence-corrected chi connectivity index (χ0v) is 16.0. The van der Waals surface area contributed by atoms with Crippen LogP contribution >= 0.6 is 11.6 Å². The summed E-state index contributed by atoms with van der Waals surface area (Å²) in [5.41, 5.74) is 1.79. The summed E-state index contributed by atoms with van der Waals surface area (Å²) in [6.45, 7) is 1.89. The molecule has 2 aromatic heterocycles. The molecule has 142 valence electrons. The van der Waals surface area contributed by atoms with Crippen LogP contribution in [0, 0.1) is 0 Å². The van der Waals surface area contributed by atoms with Crippen molar-refractivity contribution in [2.24, 2.45) is 0 Å². The molecule has 0 aliphatic carbocycles. The van der Waals surface area contributed by atoms with Crippen molar-refractivity contribution < 1.29 is 4.79 Å². The van der Waals surface area contributed by atoms with E-state index in [-0.39, 0.29) is 23.7 Å². The summed E-state index contributed by atoms with van der Waals surface area (Å²) in [6.07, 6.45) is 1.60. The van der Waals surface area contributed by atoms with Crippen LogP contribution in [-0.2, 0) is 17.8 Å². The summed E-state index contributed by atoms with van der Waals surface area (Å²) in [5.74, 6) is 0.386. The quantitative estimate of drug-likeness (QED) is 0.562. The van der Waals surface area contributed by atoms with Crippen molar-refractivity contribution in [3.8, 4) is 0 Å². The predicted octanol–water partition coefficient (Wildman–Crippen LogP) is 3.29. The van der Waals surface area contributed by atoms with Crippen LogP contribution in [0.5, 0.6) is 0 Å². The van der Waals surface area contributed by atoms with Gasteiger partial charge in [-0.25, -0.2) is 0 Å². The topological polar surface area (TPSA) is 81.3 Å². The van der Waals surface area contributed by atoms with E-state index in [0.717, 1.165) is 17.8 Å². The monoisotopic (exact) mass is 395 g/mol. The second-order valence-corrected chi connectivity index (χ2v) is 6.84. The van der Waals surface area contributed by atoms with Gasteiger partial charge in [-0.05, 0) is 30.7 Å². The number of hydrogen-bond donors (Lipinski definition) is 1. The lowest BCUT2D eigenvalue weighted by Gasteiger charge is -2.13. The number of aromatic nitrogens is 4. The Hall–Kier alpha value is -3.19. The van der Waals surface area contributed by atoms with Crippen LogP contribution in [0.4, 0.5) is 5.69 Å². The highest BCUT2D eigenvalue weighted by atomic mass is 35.5. The van der Waals surface area contributed by atoms with Crippen LogP contribution in [0.1, 0.15) is 19.2 Å². The molecule has 0 radical (unpaired) electrons. The Labute approximate surface area is 165 Å². The Kier molecular flexibility index (Phi) is 4.83. The molecule has 0 aliphatic heterocycles. The van der Waals surface area contributed by atoms with Crippen LogP contribution in [-0.4, -0.2) is 25.1 Å². The smallest absolute Gasteiger partial charge is 0.297 e. The molecule has 8 heteroatoms. The molecule has 0 spiro atoms. The molecule has 1 amide bonds. The van der Waals surface area contributed by atoms with Gasteiger partial charge in [0.1, 0.15) is 12.4 Å². The summed E-state index contributed by atoms with van der Waals surface area (Å²) in [4.78, 5) is 25.6. The van der Waals surface area contributed by atoms with Gasteiger partial charge in [0.25, 0.3) is 5.56 Å². The minimum atomic E-state index is -0.358. The molecule has 2 aromatic carbocycles. The van der Waals surface area contributed by atoms with Gasteiger partial charge in [0.15, 0.2) is 0 Å². The maximum atomic E-state index is 13.0. The van der Waals surface area contributed by atoms with Gasteiger partial charge < -0.3 is 5.32 Å². The van der Waals surface area contributed by atoms with Gasteiger partial charge in [-0.2, -0.15) is 0 Å². The van der Waals surface area contributed by atoms with E-state index >= 15 is 0 Å². The number of amides is 1. The van der Waals surface area contributed by atoms with Crippen LogP contribution < -0.4 is 10.9 Å². The van der Waals surface area contributed by atoms with Gasteiger partial charge in [-0.3, -0.25) is 18.6 Å². The summed E-state index contributed by atoms with van der Waals surface area (Å²) >= 11 is 6.10. The van der Waals surface area contributed by atoms with Crippen molar-refractivity contribution in [1.29, 1.82) is 0 Å². The number of benzene rings is 2. The first-order valence-corrected chi connectivity index (χ1v) is 9.38. The van der Waals surface area contributed by atoms with Crippen molar-refractivity contribution in [1.82, 2.24) is 19.2 Å². The number of nitrogens with one attached hydrogen (secondary N) is 1. The maximum absolute atomic E-state index is 13.0. The van der Waals surface area contributed by atoms with Crippen LogP contribution in [0.2, 0.25) is 5.02 Å². The lowest BCUT2D eigenvalue weighted by molar-refractivity contribution is -0.116. The van der Waals surface area contributed by atoms with E-state index < -0.39 is 0 Å². The molecule has 4 aromatic rings. The van der Waals surface area contributed by atoms with E-state index in [9.17, 15) is 9.59 Å². The molecule has 1 N–H and O–H groups in total. The van der Waals surface area contributed by atoms with Gasteiger partial charge >= 0.3 is 0 Å². The average Bonchev–Trinajstić information content (AvgIpc) is 3.11. The fraction of sp³-hybridized carbons (Fsp3) is 0.200. The highest BCUT2D eigenvalue weighted by Crippen LogP contribution is 2.21. The molecule has 7 nitrogen and oxygen atoms in total. The number of anilines is 1. The molecule has 0 saturated carbocycles. The summed E-state index contributed by atoms with van der Waals surface area (Å²) in [7, 11) is 0. The zero-order valence-electron chi connectivity index (χ0n) is 15.2. The number of rotatable bonds is 5. The number of nitrogens with zero attached hydrogens (tertiary/aromatic N) is 4. The molecular formula is C20H18ClN5O2. The molecule has 4 rings (SSSR count). The number of fused-ring (bicyclic) bond motifs is 3. The fourth-order valence-electron chi connectivity index (χ4n) is 3.26. The molecule has 2 heterocycles. The molecule has 28 heavy (non-hydrogen) atoms. The van der Waals surface area contributed by atoms with E-state index in [2.05, 4.69) is 15.5 Å². The standard InChI is InChI=1S/C20H18ClN5O2/c1-2-7-17-23-24-19-20(28)25(15-10-5-6-11-16(15)26(17)19)12-18(27)22-14-9-4-3-8-13(14)21/h3-6,8-11H,2,7,12H2,1H3,(H,22,27). The van der Waals surface area contributed by atoms with Gasteiger partial charge in [-0.15, -0.1) is 10.2 Å². The molecule has 0 saturated heterocycles. The van der Waals surface area contributed by atoms with Gasteiger partial charge in [0, 0.05) is 6.42 Å². The van der Waals surface area contributed by atoms with E-state index in [1.54, 1.807) is 28.7 Å². The van der Waals surface area contributed by atoms with Gasteiger partial charge in [0.05, 0.1) is 21.7 Å². The molecule has 0 aliphatic rings. The van der Waals surface area contributed by atoms with Crippen LogP contribution in [0.25, 0.3) is 16.7 Å². The average molecular weight is 396 g/mol. The second-order valence-electron chi connectivity index (χ2n) is 6.43. The number of aryl methyl sites for hydroxylation is 1. The zero-order chi connectivity index (χ0) is 19.7. The largest absolute Gasteiger partial charge is 0.323 e. The van der Waals surface area contributed by atoms with Crippen molar-refractivity contribution in [2.45, 2.75) is 26.3 Å². The van der Waals surface area contributed by atoms with Gasteiger partial charge in [0.2, 0.25) is 11.6 Å². The fourth-order valence-corrected chi connectivity index (χ4v) is 3.44. The number of carbonyl (C=O) groups is 1. The number of halogens is 1. The third-order valence-corrected chi connectivity index (χ3v) is 4.83. The van der Waals surface area contributed by atoms with Crippen LogP contribution in [0.15, 0.2) is 53.3 Å². The highest BCUT2D eigenvalue weighted by molar-refractivity contribution is 6.33. The van der Waals surface area contributed by atoms with E-state index in [4.69, 9.17) is 11.6 Å². The first kappa shape index (κ1) is 18.2. The van der Waals surface area contributed by atoms with Crippen molar-refractivity contribution in [3.63, 3.8) is 0 Å². The maximum Gasteiger partial charge on any atom is 0.297 e. The predicted molar refractivity (Wildman–Crippen MR) is 109 cm³/mol. The molecule has 0 fully saturated rings. The number of carbonyl (C=O) groups excluding carboxylic acids is 1. The Morgan fingerprint density at radius 1 is 1.07 bits per heavy atom. The third kappa shape index (κ3) is 3.14. The van der Waals surface area contributed by atoms with Crippen molar-refractivity contribution >= 4 is 39.9 Å². The Morgan fingerprint density at radius 3 is 2.54 bits per heavy atom. The SMILES string of the molecule is CCCc1nnc2c(=O)n(CC(=O)Nc3ccccc3Cl)c3ccccc3n12. The van der Waals surface area contributed by atoms with Crippen LogP contribution in [0.3, 0.4) is 0 Å². The van der Waals surface area contributed by atoms with E-state index in [0.29, 0.717) is 22.6 Å². The summed E-state index contributed by atoms with van der Waals surface area (Å²) in [5, 5.41) is 11.4. The molecule has 0 bridgehead atoms. The highest BCUT2D eigenvalue weighted by Gasteiger charge is 2.17. The Bertz CT molecular complexity index is 1240. The van der Waals surface area contributed by atoms with Gasteiger partial charge in [-0.1, -0.05) is 42.8 Å². The molecular weight excluding hydrogens is 378 g/mol. The van der Waals surface area contributed by atoms with Crippen molar-refractivity contribution in [2.75, 3.05) is 5.32 Å². The summed E-state index contributed by atoms with van der Waals surface area (Å²) < 4.78 is 3.20. The Morgan fingerprint density at radius 2 is 1.79 bits per heavy atom. The Balaban J connectivity index is 1.80. The third-order valence-electron chi connectivity index (χ3n) is 4.50. The summed E-state index contributed by atoms with van der Waals surface area (Å²) in [6, 6.07) is 14.4. The minimum Gasteiger partial charge on any atom is -0.323 e. The minimum absolute atomic E-state index is 0.156. The first-order chi connectivity index (χ1) is 13.6. The first-order valence-electron chi connectivity index (χ1n) is 9.00. The lowest BCUT2D eigenvalue weighted by atomic mass is 10.2. The number of para-hydroxylation sites is 3.